The van der Waals surface area contributed by atoms with Crippen LogP contribution in [-0.4, -0.2) is 58.4 Å². The Balaban J connectivity index is 1.24. The largest absolute Gasteiger partial charge is 0.478 e. The number of hydrogen-bond acceptors (Lipinski definition) is 5. The Morgan fingerprint density at radius 2 is 1.64 bits per heavy atom. The summed E-state index contributed by atoms with van der Waals surface area (Å²) < 4.78 is 7.72. The third-order valence-electron chi connectivity index (χ3n) is 5.71. The summed E-state index contributed by atoms with van der Waals surface area (Å²) in [5.41, 5.74) is 1.83. The molecule has 1 amide bonds. The van der Waals surface area contributed by atoms with Crippen LogP contribution >= 0.6 is 34.5 Å². The molecule has 0 radical (unpaired) electrons. The van der Waals surface area contributed by atoms with Gasteiger partial charge in [0.2, 0.25) is 0 Å². The lowest BCUT2D eigenvalue weighted by Gasteiger charge is -2.34. The number of halogens is 2. The smallest absolute Gasteiger partial charge is 0.264 e. The van der Waals surface area contributed by atoms with E-state index in [1.165, 1.54) is 11.3 Å². The minimum absolute atomic E-state index is 0.0662. The molecule has 1 saturated heterocycles. The van der Waals surface area contributed by atoms with Crippen molar-refractivity contribution in [3.8, 4) is 11.4 Å². The van der Waals surface area contributed by atoms with Crippen molar-refractivity contribution in [2.24, 2.45) is 0 Å². The minimum atomic E-state index is 0.0662. The van der Waals surface area contributed by atoms with Crippen molar-refractivity contribution in [3.05, 3.63) is 75.2 Å². The first kappa shape index (κ1) is 22.2. The number of ether oxygens (including phenoxy) is 1. The van der Waals surface area contributed by atoms with Crippen LogP contribution in [0.25, 0.3) is 15.9 Å². The lowest BCUT2D eigenvalue weighted by Crippen LogP contribution is -2.49. The highest BCUT2D eigenvalue weighted by molar-refractivity contribution is 7.20. The molecule has 33 heavy (non-hydrogen) atoms. The van der Waals surface area contributed by atoms with E-state index in [9.17, 15) is 4.79 Å². The average molecular weight is 501 g/mol. The molecule has 3 heterocycles. The number of thiophene rings is 1. The lowest BCUT2D eigenvalue weighted by molar-refractivity contribution is 0.0485. The Hall–Kier alpha value is -2.58. The molecule has 0 unspecified atom stereocenters. The fourth-order valence-electron chi connectivity index (χ4n) is 3.84. The van der Waals surface area contributed by atoms with Gasteiger partial charge in [-0.2, -0.15) is 5.10 Å². The zero-order valence-corrected chi connectivity index (χ0v) is 20.3. The third kappa shape index (κ3) is 4.73. The molecule has 0 N–H and O–H groups in total. The topological polar surface area (TPSA) is 50.6 Å². The third-order valence-corrected chi connectivity index (χ3v) is 7.32. The van der Waals surface area contributed by atoms with Crippen LogP contribution in [0.4, 0.5) is 0 Å². The quantitative estimate of drug-likeness (QED) is 0.363. The van der Waals surface area contributed by atoms with Crippen LogP contribution in [0.3, 0.4) is 0 Å². The number of rotatable bonds is 5. The number of carbonyl (C=O) groups excluding carboxylic acids is 1. The Morgan fingerprint density at radius 1 is 1.00 bits per heavy atom. The minimum Gasteiger partial charge on any atom is -0.478 e. The van der Waals surface area contributed by atoms with Gasteiger partial charge in [0, 0.05) is 41.6 Å². The molecule has 0 spiro atoms. The Bertz CT molecular complexity index is 1280. The van der Waals surface area contributed by atoms with Gasteiger partial charge in [0.05, 0.1) is 16.3 Å². The maximum atomic E-state index is 13.2. The number of aryl methyl sites for hydroxylation is 1. The van der Waals surface area contributed by atoms with Gasteiger partial charge >= 0.3 is 0 Å². The molecule has 2 aromatic carbocycles. The molecular weight excluding hydrogens is 479 g/mol. The second-order valence-corrected chi connectivity index (χ2v) is 9.84. The Kier molecular flexibility index (Phi) is 6.29. The molecule has 0 bridgehead atoms. The summed E-state index contributed by atoms with van der Waals surface area (Å²) in [4.78, 5) is 19.0. The molecule has 0 aliphatic carbocycles. The highest BCUT2D eigenvalue weighted by Gasteiger charge is 2.25. The number of piperazine rings is 1. The van der Waals surface area contributed by atoms with Crippen molar-refractivity contribution in [2.45, 2.75) is 6.92 Å². The molecule has 2 aromatic heterocycles. The van der Waals surface area contributed by atoms with E-state index >= 15 is 0 Å². The highest BCUT2D eigenvalue weighted by Crippen LogP contribution is 2.31. The van der Waals surface area contributed by atoms with Gasteiger partial charge in [-0.3, -0.25) is 9.69 Å². The van der Waals surface area contributed by atoms with Gasteiger partial charge in [0.25, 0.3) is 5.91 Å². The van der Waals surface area contributed by atoms with Crippen molar-refractivity contribution in [3.63, 3.8) is 0 Å². The predicted molar refractivity (Wildman–Crippen MR) is 133 cm³/mol. The second kappa shape index (κ2) is 9.35. The van der Waals surface area contributed by atoms with E-state index in [2.05, 4.69) is 10.00 Å². The number of nitrogens with zero attached hydrogens (tertiary/aromatic N) is 4. The summed E-state index contributed by atoms with van der Waals surface area (Å²) in [6.45, 7) is 5.32. The molecule has 5 rings (SSSR count). The zero-order valence-electron chi connectivity index (χ0n) is 18.0. The van der Waals surface area contributed by atoms with Crippen molar-refractivity contribution < 1.29 is 9.53 Å². The van der Waals surface area contributed by atoms with E-state index in [0.717, 1.165) is 45.3 Å². The van der Waals surface area contributed by atoms with Gasteiger partial charge < -0.3 is 9.64 Å². The number of benzene rings is 2. The predicted octanol–water partition coefficient (Wildman–Crippen LogP) is 5.50. The van der Waals surface area contributed by atoms with Crippen molar-refractivity contribution in [2.75, 3.05) is 32.9 Å². The van der Waals surface area contributed by atoms with Gasteiger partial charge in [-0.15, -0.1) is 11.3 Å². The van der Waals surface area contributed by atoms with Gasteiger partial charge in [-0.05, 0) is 61.5 Å². The summed E-state index contributed by atoms with van der Waals surface area (Å²) in [7, 11) is 0. The van der Waals surface area contributed by atoms with E-state index < -0.39 is 0 Å². The van der Waals surface area contributed by atoms with Crippen molar-refractivity contribution in [1.82, 2.24) is 19.6 Å². The summed E-state index contributed by atoms with van der Waals surface area (Å²) in [6.07, 6.45) is 0. The standard InChI is InChI=1S/C24H22Cl2N4O2S/c1-16-21-14-22(33-24(21)30(27-16)19-6-2-17(25)3-7-19)23(31)29-12-10-28(11-13-29)15-32-20-8-4-18(26)5-9-20/h2-9,14H,10-13,15H2,1H3. The number of carbonyl (C=O) groups is 1. The normalized spacial score (nSPS) is 14.7. The van der Waals surface area contributed by atoms with Crippen LogP contribution < -0.4 is 4.74 Å². The summed E-state index contributed by atoms with van der Waals surface area (Å²) in [6, 6.07) is 16.9. The molecule has 1 aliphatic rings. The molecule has 170 valence electrons. The molecule has 0 saturated carbocycles. The van der Waals surface area contributed by atoms with Crippen LogP contribution in [0, 0.1) is 6.92 Å². The molecule has 9 heteroatoms. The van der Waals surface area contributed by atoms with E-state index in [1.54, 1.807) is 0 Å². The van der Waals surface area contributed by atoms with Gasteiger partial charge in [0.1, 0.15) is 17.3 Å². The van der Waals surface area contributed by atoms with Crippen LogP contribution in [0.5, 0.6) is 5.75 Å². The molecule has 6 nitrogen and oxygen atoms in total. The monoisotopic (exact) mass is 500 g/mol. The van der Waals surface area contributed by atoms with Crippen LogP contribution in [0.1, 0.15) is 15.4 Å². The van der Waals surface area contributed by atoms with E-state index in [1.807, 2.05) is 71.1 Å². The molecule has 1 fully saturated rings. The first-order chi connectivity index (χ1) is 16.0. The van der Waals surface area contributed by atoms with E-state index in [0.29, 0.717) is 29.9 Å². The zero-order chi connectivity index (χ0) is 22.9. The van der Waals surface area contributed by atoms with Crippen LogP contribution in [0.15, 0.2) is 54.6 Å². The summed E-state index contributed by atoms with van der Waals surface area (Å²) >= 11 is 13.4. The van der Waals surface area contributed by atoms with Gasteiger partial charge in [-0.25, -0.2) is 4.68 Å². The first-order valence-electron chi connectivity index (χ1n) is 10.6. The van der Waals surface area contributed by atoms with Crippen molar-refractivity contribution >= 4 is 50.7 Å². The SMILES string of the molecule is Cc1nn(-c2ccc(Cl)cc2)c2sc(C(=O)N3CCN(COc4ccc(Cl)cc4)CC3)cc12. The average Bonchev–Trinajstić information content (AvgIpc) is 3.40. The Morgan fingerprint density at radius 3 is 2.30 bits per heavy atom. The second-order valence-electron chi connectivity index (χ2n) is 7.94. The van der Waals surface area contributed by atoms with E-state index in [-0.39, 0.29) is 5.91 Å². The number of aromatic nitrogens is 2. The molecule has 1 aliphatic heterocycles. The fraction of sp³-hybridized carbons (Fsp3) is 0.250. The first-order valence-corrected chi connectivity index (χ1v) is 12.2. The summed E-state index contributed by atoms with van der Waals surface area (Å²) in [5, 5.41) is 7.03. The van der Waals surface area contributed by atoms with Crippen LogP contribution in [-0.2, 0) is 0 Å². The van der Waals surface area contributed by atoms with E-state index in [4.69, 9.17) is 27.9 Å². The highest BCUT2D eigenvalue weighted by atomic mass is 35.5. The van der Waals surface area contributed by atoms with Crippen molar-refractivity contribution in [1.29, 1.82) is 0 Å². The maximum absolute atomic E-state index is 13.2. The fourth-order valence-corrected chi connectivity index (χ4v) is 5.25. The van der Waals surface area contributed by atoms with Gasteiger partial charge in [-0.1, -0.05) is 23.2 Å². The molecule has 0 atom stereocenters. The number of fused-ring (bicyclic) bond motifs is 1. The van der Waals surface area contributed by atoms with Crippen LogP contribution in [0.2, 0.25) is 10.0 Å². The molecular formula is C24H22Cl2N4O2S. The maximum Gasteiger partial charge on any atom is 0.264 e. The lowest BCUT2D eigenvalue weighted by atomic mass is 10.2. The number of hydrogen-bond donors (Lipinski definition) is 0. The Labute approximate surface area is 205 Å². The summed E-state index contributed by atoms with van der Waals surface area (Å²) in [5.74, 6) is 0.852. The number of amides is 1. The van der Waals surface area contributed by atoms with Gasteiger partial charge in [0.15, 0.2) is 0 Å². The molecule has 4 aromatic rings.